The van der Waals surface area contributed by atoms with Crippen LogP contribution in [0.2, 0.25) is 0 Å². The summed E-state index contributed by atoms with van der Waals surface area (Å²) < 4.78 is 1.91. The number of nitrogens with zero attached hydrogens (tertiary/aromatic N) is 2. The summed E-state index contributed by atoms with van der Waals surface area (Å²) in [6.45, 7) is 6.01. The highest BCUT2D eigenvalue weighted by atomic mass is 16.1. The van der Waals surface area contributed by atoms with Crippen LogP contribution in [-0.2, 0) is 4.79 Å². The maximum absolute atomic E-state index is 11.0. The van der Waals surface area contributed by atoms with E-state index in [2.05, 4.69) is 25.2 Å². The van der Waals surface area contributed by atoms with E-state index in [0.717, 1.165) is 47.5 Å². The monoisotopic (exact) mass is 323 g/mol. The first-order chi connectivity index (χ1) is 11.6. The van der Waals surface area contributed by atoms with Crippen LogP contribution in [0.3, 0.4) is 0 Å². The first-order valence-corrected chi connectivity index (χ1v) is 8.29. The number of nitrogens with one attached hydrogen (secondary N) is 1. The lowest BCUT2D eigenvalue weighted by atomic mass is 10.0. The van der Waals surface area contributed by atoms with Gasteiger partial charge < -0.3 is 5.32 Å². The highest BCUT2D eigenvalue weighted by Crippen LogP contribution is 2.29. The molecule has 1 heterocycles. The van der Waals surface area contributed by atoms with E-state index in [1.54, 1.807) is 0 Å². The summed E-state index contributed by atoms with van der Waals surface area (Å²) in [6, 6.07) is 10.0. The Morgan fingerprint density at radius 3 is 2.58 bits per heavy atom. The number of carbonyl (C=O) groups is 1. The number of aromatic nitrogens is 2. The predicted octanol–water partition coefficient (Wildman–Crippen LogP) is 4.55. The number of aldehydes is 1. The van der Waals surface area contributed by atoms with Gasteiger partial charge in [-0.1, -0.05) is 37.6 Å². The molecular formula is C20H25N3O. The quantitative estimate of drug-likeness (QED) is 0.462. The predicted molar refractivity (Wildman–Crippen MR) is 101 cm³/mol. The van der Waals surface area contributed by atoms with Gasteiger partial charge in [0.2, 0.25) is 0 Å². The Labute approximate surface area is 143 Å². The van der Waals surface area contributed by atoms with Crippen LogP contribution in [0.25, 0.3) is 11.3 Å². The van der Waals surface area contributed by atoms with Gasteiger partial charge in [0.05, 0.1) is 11.4 Å². The standard InChI is InChI=1S/C20H25N3O/c1-5-6-10-17(13-15(2)14-24)19-16(3)20(21-4)23(22-19)18-11-8-7-9-12-18/h7-14,21H,5-6H2,1-4H3/b15-13+,17-10+. The van der Waals surface area contributed by atoms with Crippen molar-refractivity contribution in [3.8, 4) is 5.69 Å². The molecule has 0 aliphatic carbocycles. The Balaban J connectivity index is 2.60. The maximum Gasteiger partial charge on any atom is 0.145 e. The zero-order valence-corrected chi connectivity index (χ0v) is 14.8. The zero-order chi connectivity index (χ0) is 17.5. The van der Waals surface area contributed by atoms with Crippen molar-refractivity contribution in [3.63, 3.8) is 0 Å². The van der Waals surface area contributed by atoms with Crippen molar-refractivity contribution in [1.29, 1.82) is 0 Å². The fourth-order valence-corrected chi connectivity index (χ4v) is 2.62. The summed E-state index contributed by atoms with van der Waals surface area (Å²) in [6.07, 6.45) is 6.94. The van der Waals surface area contributed by atoms with Gasteiger partial charge >= 0.3 is 0 Å². The Bertz CT molecular complexity index is 755. The number of anilines is 1. The number of allylic oxidation sites excluding steroid dienone is 4. The highest BCUT2D eigenvalue weighted by Gasteiger charge is 2.16. The van der Waals surface area contributed by atoms with Crippen LogP contribution in [0.5, 0.6) is 0 Å². The normalized spacial score (nSPS) is 12.3. The number of benzene rings is 1. The molecule has 0 saturated heterocycles. The number of unbranched alkanes of at least 4 members (excludes halogenated alkanes) is 1. The molecule has 4 heteroatoms. The molecule has 0 fully saturated rings. The average Bonchev–Trinajstić information content (AvgIpc) is 2.95. The van der Waals surface area contributed by atoms with Gasteiger partial charge in [-0.05, 0) is 49.6 Å². The molecule has 1 aromatic heterocycles. The van der Waals surface area contributed by atoms with E-state index in [-0.39, 0.29) is 0 Å². The van der Waals surface area contributed by atoms with Gasteiger partial charge in [-0.15, -0.1) is 0 Å². The van der Waals surface area contributed by atoms with E-state index in [0.29, 0.717) is 5.57 Å². The molecule has 0 aliphatic rings. The summed E-state index contributed by atoms with van der Waals surface area (Å²) in [5.41, 5.74) is 4.65. The molecule has 2 rings (SSSR count). The van der Waals surface area contributed by atoms with Crippen molar-refractivity contribution < 1.29 is 4.79 Å². The molecule has 0 unspecified atom stereocenters. The smallest absolute Gasteiger partial charge is 0.145 e. The van der Waals surface area contributed by atoms with E-state index in [1.165, 1.54) is 0 Å². The molecule has 0 saturated carbocycles. The summed E-state index contributed by atoms with van der Waals surface area (Å²) in [5.74, 6) is 0.954. The van der Waals surface area contributed by atoms with Crippen molar-refractivity contribution in [2.45, 2.75) is 33.6 Å². The third-order valence-electron chi connectivity index (χ3n) is 3.86. The lowest BCUT2D eigenvalue weighted by Gasteiger charge is -2.06. The van der Waals surface area contributed by atoms with Crippen LogP contribution < -0.4 is 5.32 Å². The Morgan fingerprint density at radius 1 is 1.29 bits per heavy atom. The fourth-order valence-electron chi connectivity index (χ4n) is 2.62. The SMILES string of the molecule is CCC/C=C(\C=C(/C)C=O)c1nn(-c2ccccc2)c(NC)c1C. The van der Waals surface area contributed by atoms with E-state index < -0.39 is 0 Å². The summed E-state index contributed by atoms with van der Waals surface area (Å²) in [5, 5.41) is 8.06. The minimum absolute atomic E-state index is 0.692. The van der Waals surface area contributed by atoms with Crippen molar-refractivity contribution in [1.82, 2.24) is 9.78 Å². The van der Waals surface area contributed by atoms with Gasteiger partial charge in [-0.2, -0.15) is 5.10 Å². The first-order valence-electron chi connectivity index (χ1n) is 8.29. The Kier molecular flexibility index (Phi) is 6.13. The topological polar surface area (TPSA) is 46.9 Å². The second-order valence-electron chi connectivity index (χ2n) is 5.77. The maximum atomic E-state index is 11.0. The molecule has 0 amide bonds. The molecule has 1 N–H and O–H groups in total. The van der Waals surface area contributed by atoms with Gasteiger partial charge in [-0.3, -0.25) is 4.79 Å². The van der Waals surface area contributed by atoms with Crippen molar-refractivity contribution in [2.75, 3.05) is 12.4 Å². The molecule has 0 spiro atoms. The van der Waals surface area contributed by atoms with Gasteiger partial charge in [0.1, 0.15) is 12.1 Å². The average molecular weight is 323 g/mol. The van der Waals surface area contributed by atoms with Crippen LogP contribution in [0.1, 0.15) is 37.9 Å². The van der Waals surface area contributed by atoms with E-state index >= 15 is 0 Å². The summed E-state index contributed by atoms with van der Waals surface area (Å²) in [4.78, 5) is 11.0. The van der Waals surface area contributed by atoms with E-state index in [9.17, 15) is 4.79 Å². The van der Waals surface area contributed by atoms with Gasteiger partial charge in [0.25, 0.3) is 0 Å². The summed E-state index contributed by atoms with van der Waals surface area (Å²) >= 11 is 0. The molecular weight excluding hydrogens is 298 g/mol. The van der Waals surface area contributed by atoms with Gasteiger partial charge in [0, 0.05) is 12.6 Å². The molecule has 1 aromatic carbocycles. The second-order valence-corrected chi connectivity index (χ2v) is 5.77. The minimum atomic E-state index is 0.692. The van der Waals surface area contributed by atoms with Crippen LogP contribution in [-0.4, -0.2) is 23.1 Å². The number of para-hydroxylation sites is 1. The summed E-state index contributed by atoms with van der Waals surface area (Å²) in [7, 11) is 1.90. The Hall–Kier alpha value is -2.62. The number of hydrogen-bond acceptors (Lipinski definition) is 3. The third kappa shape index (κ3) is 3.82. The molecule has 126 valence electrons. The van der Waals surface area contributed by atoms with Gasteiger partial charge in [-0.25, -0.2) is 4.68 Å². The molecule has 0 atom stereocenters. The van der Waals surface area contributed by atoms with E-state index in [4.69, 9.17) is 5.10 Å². The third-order valence-corrected chi connectivity index (χ3v) is 3.86. The van der Waals surface area contributed by atoms with Crippen LogP contribution in [0.4, 0.5) is 5.82 Å². The second kappa shape index (κ2) is 8.29. The van der Waals surface area contributed by atoms with Crippen molar-refractivity contribution >= 4 is 17.7 Å². The number of hydrogen-bond donors (Lipinski definition) is 1. The first kappa shape index (κ1) is 17.7. The molecule has 24 heavy (non-hydrogen) atoms. The van der Waals surface area contributed by atoms with Gasteiger partial charge in [0.15, 0.2) is 0 Å². The zero-order valence-electron chi connectivity index (χ0n) is 14.8. The number of carbonyl (C=O) groups excluding carboxylic acids is 1. The molecule has 0 radical (unpaired) electrons. The lowest BCUT2D eigenvalue weighted by molar-refractivity contribution is -0.104. The molecule has 0 aliphatic heterocycles. The van der Waals surface area contributed by atoms with Crippen LogP contribution in [0.15, 0.2) is 48.1 Å². The number of rotatable bonds is 7. The van der Waals surface area contributed by atoms with Crippen molar-refractivity contribution in [2.24, 2.45) is 0 Å². The lowest BCUT2D eigenvalue weighted by Crippen LogP contribution is -2.02. The molecule has 2 aromatic rings. The molecule has 4 nitrogen and oxygen atoms in total. The highest BCUT2D eigenvalue weighted by molar-refractivity contribution is 5.84. The van der Waals surface area contributed by atoms with E-state index in [1.807, 2.05) is 55.1 Å². The largest absolute Gasteiger partial charge is 0.373 e. The Morgan fingerprint density at radius 2 is 2.00 bits per heavy atom. The minimum Gasteiger partial charge on any atom is -0.373 e. The van der Waals surface area contributed by atoms with Crippen molar-refractivity contribution in [3.05, 3.63) is 59.3 Å². The molecule has 0 bridgehead atoms. The van der Waals surface area contributed by atoms with Crippen LogP contribution in [0, 0.1) is 6.92 Å². The van der Waals surface area contributed by atoms with Crippen LogP contribution >= 0.6 is 0 Å². The fraction of sp³-hybridized carbons (Fsp3) is 0.300.